The van der Waals surface area contributed by atoms with Crippen LogP contribution in [0.25, 0.3) is 11.4 Å². The molecule has 0 bridgehead atoms. The molecule has 5 aromatic rings. The highest BCUT2D eigenvalue weighted by Gasteiger charge is 2.12. The summed E-state index contributed by atoms with van der Waals surface area (Å²) in [7, 11) is 0. The summed E-state index contributed by atoms with van der Waals surface area (Å²) in [5, 5.41) is 0. The Morgan fingerprint density at radius 3 is 1.44 bits per heavy atom. The molecule has 0 aliphatic rings. The highest BCUT2D eigenvalue weighted by Crippen LogP contribution is 2.14. The highest BCUT2D eigenvalue weighted by molar-refractivity contribution is 5.39. The first-order valence-electron chi connectivity index (χ1n) is 11.7. The molecule has 0 N–H and O–H groups in total. The van der Waals surface area contributed by atoms with Crippen molar-refractivity contribution in [2.75, 3.05) is 0 Å². The number of benzene rings is 2. The Hall–Kier alpha value is -3.99. The standard InChI is InChI=1S/C29H31N5/c1-22-12-23(2)15-28(14-22)33-10-8-31(20-33)18-26-6-5-7-27(30-26)19-32-9-11-34(21-32)29-16-24(3)13-25(4)17-29/h5-17,20-21H,18-19H2,1-4H3/q+2. The van der Waals surface area contributed by atoms with Crippen LogP contribution < -0.4 is 9.13 Å². The Labute approximate surface area is 201 Å². The Balaban J connectivity index is 1.30. The van der Waals surface area contributed by atoms with Crippen molar-refractivity contribution in [2.45, 2.75) is 40.8 Å². The molecule has 0 atom stereocenters. The van der Waals surface area contributed by atoms with Gasteiger partial charge in [0.15, 0.2) is 0 Å². The molecule has 5 nitrogen and oxygen atoms in total. The smallest absolute Gasteiger partial charge is 0.249 e. The number of pyridine rings is 1. The van der Waals surface area contributed by atoms with Crippen LogP contribution in [0.5, 0.6) is 0 Å². The third kappa shape index (κ3) is 4.99. The Morgan fingerprint density at radius 2 is 1.03 bits per heavy atom. The second-order valence-corrected chi connectivity index (χ2v) is 9.30. The lowest BCUT2D eigenvalue weighted by atomic mass is 10.1. The first-order valence-corrected chi connectivity index (χ1v) is 11.7. The molecule has 0 aliphatic carbocycles. The van der Waals surface area contributed by atoms with Crippen molar-refractivity contribution in [1.29, 1.82) is 0 Å². The minimum absolute atomic E-state index is 0.736. The molecule has 0 amide bonds. The van der Waals surface area contributed by atoms with Crippen LogP contribution in [0.4, 0.5) is 0 Å². The lowest BCUT2D eigenvalue weighted by Crippen LogP contribution is -2.34. The molecule has 0 aliphatic heterocycles. The van der Waals surface area contributed by atoms with Gasteiger partial charge in [0.1, 0.15) is 49.3 Å². The summed E-state index contributed by atoms with van der Waals surface area (Å²) in [6, 6.07) is 19.5. The fourth-order valence-electron chi connectivity index (χ4n) is 4.56. The molecule has 3 aromatic heterocycles. The normalized spacial score (nSPS) is 11.2. The Morgan fingerprint density at radius 1 is 0.618 bits per heavy atom. The van der Waals surface area contributed by atoms with Crippen molar-refractivity contribution in [2.24, 2.45) is 0 Å². The second kappa shape index (κ2) is 9.10. The lowest BCUT2D eigenvalue weighted by molar-refractivity contribution is -0.689. The van der Waals surface area contributed by atoms with E-state index >= 15 is 0 Å². The SMILES string of the molecule is Cc1cc(C)cc(-n2cc[n+](Cc3cccc(C[n+]4ccn(-c5cc(C)cc(C)c5)c4)n3)c2)c1. The summed E-state index contributed by atoms with van der Waals surface area (Å²) in [6.07, 6.45) is 12.7. The highest BCUT2D eigenvalue weighted by atomic mass is 15.1. The fraction of sp³-hybridized carbons (Fsp3) is 0.207. The van der Waals surface area contributed by atoms with Gasteiger partial charge in [-0.05, 0) is 86.3 Å². The van der Waals surface area contributed by atoms with E-state index in [9.17, 15) is 0 Å². The average molecular weight is 450 g/mol. The van der Waals surface area contributed by atoms with Gasteiger partial charge < -0.3 is 0 Å². The Bertz CT molecular complexity index is 1310. The third-order valence-electron chi connectivity index (χ3n) is 5.95. The minimum Gasteiger partial charge on any atom is -0.250 e. The molecule has 0 unspecified atom stereocenters. The summed E-state index contributed by atoms with van der Waals surface area (Å²) in [5.74, 6) is 0. The van der Waals surface area contributed by atoms with Crippen molar-refractivity contribution < 1.29 is 9.13 Å². The predicted octanol–water partition coefficient (Wildman–Crippen LogP) is 4.57. The summed E-state index contributed by atoms with van der Waals surface area (Å²) >= 11 is 0. The first kappa shape index (κ1) is 21.8. The van der Waals surface area contributed by atoms with Gasteiger partial charge in [-0.3, -0.25) is 0 Å². The van der Waals surface area contributed by atoms with Crippen LogP contribution in [-0.4, -0.2) is 14.1 Å². The number of hydrogen-bond donors (Lipinski definition) is 0. The number of imidazole rings is 2. The summed E-state index contributed by atoms with van der Waals surface area (Å²) in [5.41, 5.74) is 9.55. The van der Waals surface area contributed by atoms with E-state index in [1.165, 1.54) is 33.6 Å². The van der Waals surface area contributed by atoms with Gasteiger partial charge >= 0.3 is 0 Å². The molecule has 0 saturated heterocycles. The van der Waals surface area contributed by atoms with Crippen LogP contribution in [0.3, 0.4) is 0 Å². The van der Waals surface area contributed by atoms with E-state index in [2.05, 4.69) is 138 Å². The van der Waals surface area contributed by atoms with Gasteiger partial charge in [0, 0.05) is 0 Å². The van der Waals surface area contributed by atoms with Gasteiger partial charge in [-0.15, -0.1) is 0 Å². The molecule has 0 fully saturated rings. The van der Waals surface area contributed by atoms with Crippen LogP contribution >= 0.6 is 0 Å². The summed E-state index contributed by atoms with van der Waals surface area (Å²) in [6.45, 7) is 10.0. The van der Waals surface area contributed by atoms with Crippen molar-refractivity contribution in [3.63, 3.8) is 0 Å². The maximum Gasteiger partial charge on any atom is 0.249 e. The number of hydrogen-bond acceptors (Lipinski definition) is 1. The quantitative estimate of drug-likeness (QED) is 0.349. The van der Waals surface area contributed by atoms with E-state index in [0.717, 1.165) is 24.5 Å². The van der Waals surface area contributed by atoms with E-state index in [1.807, 2.05) is 0 Å². The fourth-order valence-corrected chi connectivity index (χ4v) is 4.56. The van der Waals surface area contributed by atoms with Gasteiger partial charge in [0.25, 0.3) is 0 Å². The molecule has 0 saturated carbocycles. The lowest BCUT2D eigenvalue weighted by Gasteiger charge is -2.02. The van der Waals surface area contributed by atoms with Gasteiger partial charge in [-0.2, -0.15) is 0 Å². The molecule has 0 radical (unpaired) electrons. The molecule has 170 valence electrons. The van der Waals surface area contributed by atoms with E-state index in [-0.39, 0.29) is 0 Å². The second-order valence-electron chi connectivity index (χ2n) is 9.30. The number of aryl methyl sites for hydroxylation is 4. The average Bonchev–Trinajstić information content (AvgIpc) is 3.43. The van der Waals surface area contributed by atoms with E-state index in [0.29, 0.717) is 0 Å². The maximum absolute atomic E-state index is 4.92. The van der Waals surface area contributed by atoms with Crippen molar-refractivity contribution in [3.8, 4) is 11.4 Å². The van der Waals surface area contributed by atoms with E-state index in [4.69, 9.17) is 4.98 Å². The number of aromatic nitrogens is 5. The summed E-state index contributed by atoms with van der Waals surface area (Å²) in [4.78, 5) is 4.92. The number of nitrogens with zero attached hydrogens (tertiary/aromatic N) is 5. The molecule has 34 heavy (non-hydrogen) atoms. The van der Waals surface area contributed by atoms with Crippen LogP contribution in [0.15, 0.2) is 92.0 Å². The zero-order chi connectivity index (χ0) is 23.7. The Kier molecular flexibility index (Phi) is 5.84. The molecular weight excluding hydrogens is 418 g/mol. The molecule has 5 heteroatoms. The van der Waals surface area contributed by atoms with Crippen molar-refractivity contribution in [3.05, 3.63) is 126 Å². The van der Waals surface area contributed by atoms with E-state index < -0.39 is 0 Å². The van der Waals surface area contributed by atoms with Crippen molar-refractivity contribution in [1.82, 2.24) is 14.1 Å². The van der Waals surface area contributed by atoms with Gasteiger partial charge in [-0.25, -0.2) is 23.3 Å². The minimum atomic E-state index is 0.736. The zero-order valence-corrected chi connectivity index (χ0v) is 20.3. The largest absolute Gasteiger partial charge is 0.250 e. The molecule has 2 aromatic carbocycles. The third-order valence-corrected chi connectivity index (χ3v) is 5.95. The van der Waals surface area contributed by atoms with Gasteiger partial charge in [-0.1, -0.05) is 18.2 Å². The monoisotopic (exact) mass is 449 g/mol. The molecule has 0 spiro atoms. The van der Waals surface area contributed by atoms with Gasteiger partial charge in [0.2, 0.25) is 12.7 Å². The number of rotatable bonds is 6. The maximum atomic E-state index is 4.92. The van der Waals surface area contributed by atoms with Crippen LogP contribution in [-0.2, 0) is 13.1 Å². The van der Waals surface area contributed by atoms with Gasteiger partial charge in [0.05, 0.1) is 11.4 Å². The predicted molar refractivity (Wildman–Crippen MR) is 133 cm³/mol. The van der Waals surface area contributed by atoms with Crippen LogP contribution in [0, 0.1) is 27.7 Å². The van der Waals surface area contributed by atoms with Crippen molar-refractivity contribution >= 4 is 0 Å². The van der Waals surface area contributed by atoms with Crippen LogP contribution in [0.1, 0.15) is 33.6 Å². The van der Waals surface area contributed by atoms with Crippen LogP contribution in [0.2, 0.25) is 0 Å². The molecule has 3 heterocycles. The molecular formula is C29H31N5+2. The first-order chi connectivity index (χ1) is 16.4. The summed E-state index contributed by atoms with van der Waals surface area (Å²) < 4.78 is 8.67. The zero-order valence-electron chi connectivity index (χ0n) is 20.3. The van der Waals surface area contributed by atoms with E-state index in [1.54, 1.807) is 0 Å². The molecule has 5 rings (SSSR count). The topological polar surface area (TPSA) is 30.5 Å².